The van der Waals surface area contributed by atoms with Gasteiger partial charge in [0.25, 0.3) is 0 Å². The van der Waals surface area contributed by atoms with Gasteiger partial charge in [-0.1, -0.05) is 13.8 Å². The molecular formula is C8H16N2O. The molecule has 0 aliphatic carbocycles. The second-order valence-electron chi connectivity index (χ2n) is 3.37. The summed E-state index contributed by atoms with van der Waals surface area (Å²) in [5, 5.41) is 3.05. The van der Waals surface area contributed by atoms with Gasteiger partial charge < -0.3 is 4.74 Å². The predicted octanol–water partition coefficient (Wildman–Crippen LogP) is 1.01. The molecule has 0 radical (unpaired) electrons. The van der Waals surface area contributed by atoms with Crippen LogP contribution in [0.3, 0.4) is 0 Å². The molecule has 3 nitrogen and oxygen atoms in total. The van der Waals surface area contributed by atoms with Crippen molar-refractivity contribution in [1.29, 1.82) is 0 Å². The molecule has 3 heteroatoms. The lowest BCUT2D eigenvalue weighted by molar-refractivity contribution is 0.282. The van der Waals surface area contributed by atoms with Crippen LogP contribution in [0.1, 0.15) is 20.8 Å². The average molecular weight is 156 g/mol. The summed E-state index contributed by atoms with van der Waals surface area (Å²) in [7, 11) is 1.88. The van der Waals surface area contributed by atoms with Crippen molar-refractivity contribution >= 4 is 6.21 Å². The molecule has 1 rings (SSSR count). The smallest absolute Gasteiger partial charge is 0.192 e. The number of nitrogens with one attached hydrogen (secondary N) is 1. The Morgan fingerprint density at radius 1 is 1.64 bits per heavy atom. The van der Waals surface area contributed by atoms with Crippen LogP contribution < -0.4 is 5.32 Å². The molecule has 1 heterocycles. The SMILES string of the molecule is CN[C@@]1(C)OC1/N=C\C(C)C. The Kier molecular flexibility index (Phi) is 2.30. The van der Waals surface area contributed by atoms with Crippen molar-refractivity contribution in [3.8, 4) is 0 Å². The molecule has 0 amide bonds. The normalized spacial score (nSPS) is 37.0. The topological polar surface area (TPSA) is 36.9 Å². The first kappa shape index (κ1) is 8.68. The zero-order chi connectivity index (χ0) is 8.48. The number of nitrogens with zero attached hydrogens (tertiary/aromatic N) is 1. The zero-order valence-corrected chi connectivity index (χ0v) is 7.59. The minimum absolute atomic E-state index is 0.0231. The van der Waals surface area contributed by atoms with E-state index in [9.17, 15) is 0 Å². The zero-order valence-electron chi connectivity index (χ0n) is 7.59. The molecule has 0 bridgehead atoms. The molecule has 0 aromatic carbocycles. The maximum absolute atomic E-state index is 5.30. The van der Waals surface area contributed by atoms with Crippen molar-refractivity contribution in [2.24, 2.45) is 10.9 Å². The lowest BCUT2D eigenvalue weighted by atomic mass is 10.2. The third-order valence-electron chi connectivity index (χ3n) is 1.79. The van der Waals surface area contributed by atoms with Gasteiger partial charge in [0.1, 0.15) is 0 Å². The first-order valence-corrected chi connectivity index (χ1v) is 3.98. The van der Waals surface area contributed by atoms with Gasteiger partial charge in [0.2, 0.25) is 0 Å². The summed E-state index contributed by atoms with van der Waals surface area (Å²) in [6.45, 7) is 6.19. The first-order valence-electron chi connectivity index (χ1n) is 3.98. The average Bonchev–Trinajstić information content (AvgIpc) is 2.59. The van der Waals surface area contributed by atoms with Crippen LogP contribution in [0.25, 0.3) is 0 Å². The van der Waals surface area contributed by atoms with E-state index in [1.165, 1.54) is 0 Å². The highest BCUT2D eigenvalue weighted by molar-refractivity contribution is 5.60. The van der Waals surface area contributed by atoms with Crippen molar-refractivity contribution < 1.29 is 4.74 Å². The number of rotatable bonds is 3. The van der Waals surface area contributed by atoms with E-state index in [2.05, 4.69) is 24.2 Å². The summed E-state index contributed by atoms with van der Waals surface area (Å²) in [4.78, 5) is 4.25. The quantitative estimate of drug-likeness (QED) is 0.489. The van der Waals surface area contributed by atoms with Crippen molar-refractivity contribution in [3.05, 3.63) is 0 Å². The predicted molar refractivity (Wildman–Crippen MR) is 45.7 cm³/mol. The maximum atomic E-state index is 5.30. The molecule has 1 saturated heterocycles. The lowest BCUT2D eigenvalue weighted by Crippen LogP contribution is -2.27. The van der Waals surface area contributed by atoms with Crippen LogP contribution in [0.4, 0.5) is 0 Å². The van der Waals surface area contributed by atoms with Crippen LogP contribution in [-0.2, 0) is 4.74 Å². The van der Waals surface area contributed by atoms with E-state index >= 15 is 0 Å². The molecule has 1 unspecified atom stereocenters. The Balaban J connectivity index is 2.33. The van der Waals surface area contributed by atoms with Crippen molar-refractivity contribution in [3.63, 3.8) is 0 Å². The molecule has 1 aliphatic rings. The second-order valence-corrected chi connectivity index (χ2v) is 3.37. The minimum atomic E-state index is -0.203. The summed E-state index contributed by atoms with van der Waals surface area (Å²) < 4.78 is 5.30. The van der Waals surface area contributed by atoms with Crippen molar-refractivity contribution in [2.75, 3.05) is 7.05 Å². The number of likely N-dealkylation sites (N-methyl/N-ethyl adjacent to an activating group) is 1. The van der Waals surface area contributed by atoms with Gasteiger partial charge >= 0.3 is 0 Å². The molecule has 0 aromatic heterocycles. The Labute approximate surface area is 67.8 Å². The fraction of sp³-hybridized carbons (Fsp3) is 0.875. The molecule has 1 aliphatic heterocycles. The van der Waals surface area contributed by atoms with Gasteiger partial charge in [0.05, 0.1) is 0 Å². The molecule has 0 aromatic rings. The van der Waals surface area contributed by atoms with E-state index in [1.54, 1.807) is 0 Å². The monoisotopic (exact) mass is 156 g/mol. The Morgan fingerprint density at radius 2 is 2.27 bits per heavy atom. The third kappa shape index (κ3) is 2.01. The minimum Gasteiger partial charge on any atom is -0.327 e. The fourth-order valence-corrected chi connectivity index (χ4v) is 0.803. The highest BCUT2D eigenvalue weighted by atomic mass is 16.6. The lowest BCUT2D eigenvalue weighted by Gasteiger charge is -1.99. The molecule has 1 N–H and O–H groups in total. The largest absolute Gasteiger partial charge is 0.327 e. The van der Waals surface area contributed by atoms with Crippen molar-refractivity contribution in [1.82, 2.24) is 5.32 Å². The van der Waals surface area contributed by atoms with E-state index in [4.69, 9.17) is 4.74 Å². The highest BCUT2D eigenvalue weighted by Gasteiger charge is 2.51. The fourth-order valence-electron chi connectivity index (χ4n) is 0.803. The maximum Gasteiger partial charge on any atom is 0.192 e. The highest BCUT2D eigenvalue weighted by Crippen LogP contribution is 2.33. The molecule has 0 saturated carbocycles. The molecular weight excluding hydrogens is 140 g/mol. The number of hydrogen-bond acceptors (Lipinski definition) is 3. The van der Waals surface area contributed by atoms with Crippen LogP contribution in [0.5, 0.6) is 0 Å². The number of epoxide rings is 1. The van der Waals surface area contributed by atoms with Crippen LogP contribution in [0, 0.1) is 5.92 Å². The number of aliphatic imine (C=N–C) groups is 1. The summed E-state index contributed by atoms with van der Waals surface area (Å²) in [5.41, 5.74) is -0.203. The molecule has 64 valence electrons. The summed E-state index contributed by atoms with van der Waals surface area (Å²) in [6.07, 6.45) is 1.95. The van der Waals surface area contributed by atoms with E-state index in [-0.39, 0.29) is 12.0 Å². The molecule has 1 fully saturated rings. The van der Waals surface area contributed by atoms with Gasteiger partial charge in [-0.2, -0.15) is 0 Å². The summed E-state index contributed by atoms with van der Waals surface area (Å²) in [6, 6.07) is 0. The Bertz CT molecular complexity index is 167. The van der Waals surface area contributed by atoms with Crippen molar-refractivity contribution in [2.45, 2.75) is 32.7 Å². The van der Waals surface area contributed by atoms with Gasteiger partial charge in [-0.25, -0.2) is 0 Å². The van der Waals surface area contributed by atoms with E-state index in [1.807, 2.05) is 20.2 Å². The van der Waals surface area contributed by atoms with Gasteiger partial charge in [0, 0.05) is 6.21 Å². The van der Waals surface area contributed by atoms with Crippen LogP contribution in [0.2, 0.25) is 0 Å². The van der Waals surface area contributed by atoms with E-state index < -0.39 is 0 Å². The molecule has 0 spiro atoms. The van der Waals surface area contributed by atoms with Gasteiger partial charge in [-0.15, -0.1) is 0 Å². The van der Waals surface area contributed by atoms with Gasteiger partial charge in [-0.05, 0) is 19.9 Å². The Hall–Kier alpha value is -0.410. The van der Waals surface area contributed by atoms with Crippen LogP contribution >= 0.6 is 0 Å². The molecule has 11 heavy (non-hydrogen) atoms. The van der Waals surface area contributed by atoms with Gasteiger partial charge in [-0.3, -0.25) is 10.3 Å². The van der Waals surface area contributed by atoms with Crippen LogP contribution in [-0.4, -0.2) is 25.2 Å². The van der Waals surface area contributed by atoms with E-state index in [0.29, 0.717) is 5.92 Å². The number of ether oxygens (including phenoxy) is 1. The molecule has 2 atom stereocenters. The number of hydrogen-bond donors (Lipinski definition) is 1. The summed E-state index contributed by atoms with van der Waals surface area (Å²) in [5.74, 6) is 0.500. The van der Waals surface area contributed by atoms with Gasteiger partial charge in [0.15, 0.2) is 12.0 Å². The standard InChI is InChI=1S/C8H16N2O/c1-6(2)5-10-7-8(3,9-4)11-7/h5-7,9H,1-4H3/b10-5-/t7?,8-/m0/s1. The first-order chi connectivity index (χ1) is 5.08. The third-order valence-corrected chi connectivity index (χ3v) is 1.79. The van der Waals surface area contributed by atoms with E-state index in [0.717, 1.165) is 0 Å². The second kappa shape index (κ2) is 2.91. The van der Waals surface area contributed by atoms with Crippen LogP contribution in [0.15, 0.2) is 4.99 Å². The Morgan fingerprint density at radius 3 is 2.64 bits per heavy atom. The summed E-state index contributed by atoms with van der Waals surface area (Å²) >= 11 is 0.